The average molecular weight is 400 g/mol. The lowest BCUT2D eigenvalue weighted by Gasteiger charge is -2.09. The number of nitrogens with two attached hydrogens (primary N) is 1. The van der Waals surface area contributed by atoms with Crippen molar-refractivity contribution in [3.05, 3.63) is 52.2 Å². The minimum absolute atomic E-state index is 0.107. The zero-order valence-electron chi connectivity index (χ0n) is 14.3. The van der Waals surface area contributed by atoms with E-state index in [1.54, 1.807) is 6.07 Å². The van der Waals surface area contributed by atoms with E-state index in [9.17, 15) is 18.0 Å². The fourth-order valence-corrected chi connectivity index (χ4v) is 2.67. The molecule has 0 bridgehead atoms. The highest BCUT2D eigenvalue weighted by Gasteiger charge is 2.30. The quantitative estimate of drug-likeness (QED) is 0.361. The van der Waals surface area contributed by atoms with Crippen molar-refractivity contribution in [2.75, 3.05) is 13.1 Å². The summed E-state index contributed by atoms with van der Waals surface area (Å²) in [6, 6.07) is 8.98. The molecule has 0 saturated carbocycles. The van der Waals surface area contributed by atoms with Gasteiger partial charge >= 0.3 is 6.36 Å². The topological polar surface area (TPSA) is 88.7 Å². The van der Waals surface area contributed by atoms with Crippen LogP contribution in [0.15, 0.2) is 46.8 Å². The predicted octanol–water partition coefficient (Wildman–Crippen LogP) is 2.87. The van der Waals surface area contributed by atoms with Gasteiger partial charge in [0.25, 0.3) is 5.91 Å². The molecular weight excluding hydrogens is 381 g/mol. The van der Waals surface area contributed by atoms with Crippen LogP contribution in [0.25, 0.3) is 0 Å². The number of carbonyl (C=O) groups excluding carboxylic acids is 1. The average Bonchev–Trinajstić information content (AvgIpc) is 3.14. The highest BCUT2D eigenvalue weighted by atomic mass is 32.1. The van der Waals surface area contributed by atoms with Crippen LogP contribution < -0.4 is 21.1 Å². The van der Waals surface area contributed by atoms with Crippen LogP contribution in [0.2, 0.25) is 0 Å². The number of amides is 1. The molecule has 2 aromatic rings. The van der Waals surface area contributed by atoms with E-state index in [2.05, 4.69) is 20.4 Å². The maximum absolute atomic E-state index is 12.1. The first-order valence-corrected chi connectivity index (χ1v) is 8.91. The van der Waals surface area contributed by atoms with Gasteiger partial charge in [0.2, 0.25) is 0 Å². The van der Waals surface area contributed by atoms with Crippen LogP contribution in [0.1, 0.15) is 21.7 Å². The van der Waals surface area contributed by atoms with Crippen molar-refractivity contribution in [1.29, 1.82) is 0 Å². The largest absolute Gasteiger partial charge is 0.573 e. The summed E-state index contributed by atoms with van der Waals surface area (Å²) < 4.78 is 40.1. The van der Waals surface area contributed by atoms with Gasteiger partial charge in [-0.3, -0.25) is 4.79 Å². The highest BCUT2D eigenvalue weighted by Crippen LogP contribution is 2.22. The number of carbonyl (C=O) groups is 1. The molecule has 10 heteroatoms. The molecule has 1 aromatic heterocycles. The van der Waals surface area contributed by atoms with E-state index in [-0.39, 0.29) is 24.2 Å². The Hall–Kier alpha value is -2.75. The van der Waals surface area contributed by atoms with Gasteiger partial charge in [0.1, 0.15) is 5.75 Å². The van der Waals surface area contributed by atoms with Gasteiger partial charge in [-0.15, -0.1) is 24.5 Å². The molecule has 0 atom stereocenters. The van der Waals surface area contributed by atoms with Crippen LogP contribution in [0, 0.1) is 0 Å². The van der Waals surface area contributed by atoms with Crippen LogP contribution >= 0.6 is 11.3 Å². The number of guanidine groups is 1. The second-order valence-corrected chi connectivity index (χ2v) is 6.35. The number of alkyl halides is 3. The molecule has 0 radical (unpaired) electrons. The number of halogens is 3. The summed E-state index contributed by atoms with van der Waals surface area (Å²) in [6.45, 7) is 1.25. The molecule has 0 aliphatic rings. The van der Waals surface area contributed by atoms with Gasteiger partial charge < -0.3 is 21.1 Å². The molecule has 6 nitrogen and oxygen atoms in total. The van der Waals surface area contributed by atoms with Crippen molar-refractivity contribution in [3.8, 4) is 5.75 Å². The third-order valence-corrected chi connectivity index (χ3v) is 4.15. The molecule has 0 fully saturated rings. The van der Waals surface area contributed by atoms with Gasteiger partial charge in [0.15, 0.2) is 5.96 Å². The standard InChI is InChI=1S/C17H19F3N4O2S/c18-17(19,20)26-13-6-4-12(5-7-13)11-24-16(21)23-9-2-8-22-15(25)14-3-1-10-27-14/h1,3-7,10H,2,8-9,11H2,(H,22,25)(H3,21,23,24). The smallest absolute Gasteiger partial charge is 0.406 e. The van der Waals surface area contributed by atoms with Crippen LogP contribution in [-0.4, -0.2) is 31.3 Å². The van der Waals surface area contributed by atoms with Gasteiger partial charge in [-0.05, 0) is 35.6 Å². The van der Waals surface area contributed by atoms with Gasteiger partial charge in [-0.2, -0.15) is 0 Å². The molecule has 27 heavy (non-hydrogen) atoms. The summed E-state index contributed by atoms with van der Waals surface area (Å²) in [7, 11) is 0. The lowest BCUT2D eigenvalue weighted by molar-refractivity contribution is -0.274. The Morgan fingerprint density at radius 2 is 1.85 bits per heavy atom. The number of hydrogen-bond acceptors (Lipinski definition) is 4. The van der Waals surface area contributed by atoms with Crippen molar-refractivity contribution >= 4 is 23.2 Å². The van der Waals surface area contributed by atoms with Gasteiger partial charge in [-0.25, -0.2) is 4.99 Å². The normalized spacial score (nSPS) is 11.9. The number of hydrogen-bond donors (Lipinski definition) is 3. The number of benzene rings is 1. The molecule has 0 saturated heterocycles. The second kappa shape index (κ2) is 9.81. The van der Waals surface area contributed by atoms with Crippen molar-refractivity contribution in [2.24, 2.45) is 10.7 Å². The molecule has 0 unspecified atom stereocenters. The van der Waals surface area contributed by atoms with Crippen LogP contribution in [0.4, 0.5) is 13.2 Å². The first-order valence-electron chi connectivity index (χ1n) is 8.04. The molecule has 0 aliphatic heterocycles. The first-order chi connectivity index (χ1) is 12.8. The summed E-state index contributed by atoms with van der Waals surface area (Å²) in [5.41, 5.74) is 6.43. The lowest BCUT2D eigenvalue weighted by Crippen LogP contribution is -2.34. The Bertz CT molecular complexity index is 747. The maximum atomic E-state index is 12.1. The zero-order chi connectivity index (χ0) is 19.7. The summed E-state index contributed by atoms with van der Waals surface area (Å²) in [6.07, 6.45) is -4.05. The second-order valence-electron chi connectivity index (χ2n) is 5.41. The van der Waals surface area contributed by atoms with Crippen molar-refractivity contribution < 1.29 is 22.7 Å². The number of nitrogens with zero attached hydrogens (tertiary/aromatic N) is 1. The van der Waals surface area contributed by atoms with Crippen LogP contribution in [0.3, 0.4) is 0 Å². The van der Waals surface area contributed by atoms with E-state index in [0.717, 1.165) is 0 Å². The third kappa shape index (κ3) is 7.99. The van der Waals surface area contributed by atoms with Crippen molar-refractivity contribution in [2.45, 2.75) is 19.3 Å². The summed E-state index contributed by atoms with van der Waals surface area (Å²) in [4.78, 5) is 16.5. The van der Waals surface area contributed by atoms with E-state index < -0.39 is 6.36 Å². The maximum Gasteiger partial charge on any atom is 0.573 e. The Morgan fingerprint density at radius 3 is 2.48 bits per heavy atom. The Labute approximate surface area is 158 Å². The molecule has 1 heterocycles. The Kier molecular flexibility index (Phi) is 7.47. The number of nitrogens with one attached hydrogen (secondary N) is 2. The SMILES string of the molecule is NC(=NCc1ccc(OC(F)(F)F)cc1)NCCCNC(=O)c1cccs1. The number of aliphatic imine (C=N–C) groups is 1. The van der Waals surface area contributed by atoms with E-state index in [1.165, 1.54) is 35.6 Å². The van der Waals surface area contributed by atoms with E-state index >= 15 is 0 Å². The molecule has 1 amide bonds. The molecule has 0 spiro atoms. The monoisotopic (exact) mass is 400 g/mol. The number of ether oxygens (including phenoxy) is 1. The van der Waals surface area contributed by atoms with E-state index in [0.29, 0.717) is 30.0 Å². The lowest BCUT2D eigenvalue weighted by atomic mass is 10.2. The highest BCUT2D eigenvalue weighted by molar-refractivity contribution is 7.12. The summed E-state index contributed by atoms with van der Waals surface area (Å²) >= 11 is 1.38. The van der Waals surface area contributed by atoms with Crippen LogP contribution in [-0.2, 0) is 6.54 Å². The molecular formula is C17H19F3N4O2S. The molecule has 0 aliphatic carbocycles. The van der Waals surface area contributed by atoms with Crippen molar-refractivity contribution in [3.63, 3.8) is 0 Å². The fraction of sp³-hybridized carbons (Fsp3) is 0.294. The minimum atomic E-state index is -4.71. The third-order valence-electron chi connectivity index (χ3n) is 3.28. The predicted molar refractivity (Wildman–Crippen MR) is 97.7 cm³/mol. The zero-order valence-corrected chi connectivity index (χ0v) is 15.1. The fourth-order valence-electron chi connectivity index (χ4n) is 2.03. The number of thiophene rings is 1. The molecule has 1 aromatic carbocycles. The summed E-state index contributed by atoms with van der Waals surface area (Å²) in [5, 5.41) is 7.54. The minimum Gasteiger partial charge on any atom is -0.406 e. The summed E-state index contributed by atoms with van der Waals surface area (Å²) in [5.74, 6) is -0.175. The molecule has 2 rings (SSSR count). The van der Waals surface area contributed by atoms with Gasteiger partial charge in [-0.1, -0.05) is 18.2 Å². The van der Waals surface area contributed by atoms with Crippen molar-refractivity contribution in [1.82, 2.24) is 10.6 Å². The van der Waals surface area contributed by atoms with Crippen LogP contribution in [0.5, 0.6) is 5.75 Å². The first kappa shape index (κ1) is 20.6. The van der Waals surface area contributed by atoms with E-state index in [1.807, 2.05) is 11.4 Å². The Morgan fingerprint density at radius 1 is 1.15 bits per heavy atom. The number of rotatable bonds is 8. The van der Waals surface area contributed by atoms with Gasteiger partial charge in [0, 0.05) is 13.1 Å². The molecule has 4 N–H and O–H groups in total. The molecule has 146 valence electrons. The van der Waals surface area contributed by atoms with E-state index in [4.69, 9.17) is 5.73 Å². The Balaban J connectivity index is 1.65. The van der Waals surface area contributed by atoms with Gasteiger partial charge in [0.05, 0.1) is 11.4 Å².